The van der Waals surface area contributed by atoms with Gasteiger partial charge in [-0.3, -0.25) is 4.79 Å². The first-order valence-electron chi connectivity index (χ1n) is 6.13. The summed E-state index contributed by atoms with van der Waals surface area (Å²) in [5, 5.41) is 0. The molecule has 4 nitrogen and oxygen atoms in total. The average molecular weight is 326 g/mol. The third-order valence-corrected chi connectivity index (χ3v) is 2.82. The predicted molar refractivity (Wildman–Crippen MR) is 70.0 cm³/mol. The van der Waals surface area contributed by atoms with E-state index >= 15 is 0 Å². The molecular weight excluding hydrogens is 311 g/mol. The van der Waals surface area contributed by atoms with Crippen molar-refractivity contribution >= 4 is 17.7 Å². The van der Waals surface area contributed by atoms with Crippen molar-refractivity contribution in [3.8, 4) is 0 Å². The number of alkyl halides is 3. The van der Waals surface area contributed by atoms with Gasteiger partial charge in [0.1, 0.15) is 0 Å². The Balaban J connectivity index is 2.22. The van der Waals surface area contributed by atoms with Gasteiger partial charge in [0, 0.05) is 11.8 Å². The first kappa shape index (κ1) is 17.7. The quantitative estimate of drug-likeness (QED) is 0.438. The Kier molecular flexibility index (Phi) is 6.94. The molecule has 0 heterocycles. The minimum absolute atomic E-state index is 0.214. The van der Waals surface area contributed by atoms with E-state index in [2.05, 4.69) is 0 Å². The van der Waals surface area contributed by atoms with Gasteiger partial charge in [0.15, 0.2) is 6.29 Å². The van der Waals surface area contributed by atoms with Crippen LogP contribution in [0.1, 0.15) is 18.9 Å². The fraction of sp³-hybridized carbons (Fsp3) is 0.462. The first-order chi connectivity index (χ1) is 9.80. The van der Waals surface area contributed by atoms with Crippen LogP contribution in [-0.4, -0.2) is 29.5 Å². The molecule has 1 unspecified atom stereocenters. The first-order valence-corrected chi connectivity index (χ1v) is 6.47. The molecule has 0 radical (unpaired) electrons. The lowest BCUT2D eigenvalue weighted by Crippen LogP contribution is -2.35. The number of nitrogens with zero attached hydrogens (tertiary/aromatic N) is 1. The highest BCUT2D eigenvalue weighted by atomic mass is 35.5. The van der Waals surface area contributed by atoms with Crippen molar-refractivity contribution in [2.45, 2.75) is 32.5 Å². The van der Waals surface area contributed by atoms with E-state index in [-0.39, 0.29) is 6.61 Å². The summed E-state index contributed by atoms with van der Waals surface area (Å²) in [6.45, 7) is 1.68. The zero-order valence-electron chi connectivity index (χ0n) is 11.3. The largest absolute Gasteiger partial charge is 0.501 e. The Morgan fingerprint density at radius 3 is 2.48 bits per heavy atom. The highest BCUT2D eigenvalue weighted by Crippen LogP contribution is 2.24. The van der Waals surface area contributed by atoms with Crippen LogP contribution in [0.25, 0.3) is 0 Å². The number of rotatable bonds is 7. The second-order valence-corrected chi connectivity index (χ2v) is 4.47. The Morgan fingerprint density at radius 2 is 1.90 bits per heavy atom. The van der Waals surface area contributed by atoms with E-state index in [9.17, 15) is 18.0 Å². The second kappa shape index (κ2) is 8.21. The standard InChI is InChI=1S/C13H15ClF3NO3/c1-10(21-9-11-5-3-2-4-6-11)20-8-7-12(19)18(14)13(15,16)17/h2-6,10H,7-9H2,1H3. The predicted octanol–water partition coefficient (Wildman–Crippen LogP) is 3.46. The summed E-state index contributed by atoms with van der Waals surface area (Å²) in [6, 6.07) is 9.31. The molecule has 8 heteroatoms. The van der Waals surface area contributed by atoms with E-state index in [1.165, 1.54) is 0 Å². The molecule has 0 N–H and O–H groups in total. The molecule has 0 saturated heterocycles. The summed E-state index contributed by atoms with van der Waals surface area (Å²) < 4.78 is 46.0. The van der Waals surface area contributed by atoms with Gasteiger partial charge in [-0.15, -0.1) is 13.2 Å². The number of hydrogen-bond donors (Lipinski definition) is 0. The molecule has 0 aliphatic rings. The summed E-state index contributed by atoms with van der Waals surface area (Å²) in [7, 11) is 0. The van der Waals surface area contributed by atoms with Crippen molar-refractivity contribution in [2.24, 2.45) is 0 Å². The summed E-state index contributed by atoms with van der Waals surface area (Å²) in [6.07, 6.45) is -6.02. The van der Waals surface area contributed by atoms with Crippen LogP contribution in [-0.2, 0) is 20.9 Å². The molecule has 1 aromatic rings. The van der Waals surface area contributed by atoms with E-state index in [1.807, 2.05) is 30.3 Å². The van der Waals surface area contributed by atoms with Crippen LogP contribution >= 0.6 is 11.8 Å². The van der Waals surface area contributed by atoms with Gasteiger partial charge in [0.05, 0.1) is 19.6 Å². The van der Waals surface area contributed by atoms with E-state index in [0.717, 1.165) is 5.56 Å². The third kappa shape index (κ3) is 6.79. The lowest BCUT2D eigenvalue weighted by atomic mass is 10.2. The molecule has 0 saturated carbocycles. The van der Waals surface area contributed by atoms with Gasteiger partial charge in [0.25, 0.3) is 0 Å². The molecule has 1 aromatic carbocycles. The number of carbonyl (C=O) groups excluding carboxylic acids is 1. The minimum atomic E-state index is -4.89. The molecule has 1 atom stereocenters. The van der Waals surface area contributed by atoms with Crippen molar-refractivity contribution in [2.75, 3.05) is 6.61 Å². The summed E-state index contributed by atoms with van der Waals surface area (Å²) >= 11 is 4.84. The highest BCUT2D eigenvalue weighted by molar-refractivity contribution is 6.21. The van der Waals surface area contributed by atoms with Gasteiger partial charge < -0.3 is 9.47 Å². The number of carbonyl (C=O) groups is 1. The number of ether oxygens (including phenoxy) is 2. The fourth-order valence-electron chi connectivity index (χ4n) is 1.39. The summed E-state index contributed by atoms with van der Waals surface area (Å²) in [5.74, 6) is -1.28. The molecule has 0 spiro atoms. The topological polar surface area (TPSA) is 38.8 Å². The van der Waals surface area contributed by atoms with Crippen molar-refractivity contribution in [3.05, 3.63) is 35.9 Å². The normalized spacial score (nSPS) is 13.0. The number of hydrogen-bond acceptors (Lipinski definition) is 3. The SMILES string of the molecule is CC(OCCC(=O)N(Cl)C(F)(F)F)OCc1ccccc1. The zero-order chi connectivity index (χ0) is 15.9. The van der Waals surface area contributed by atoms with Gasteiger partial charge in [-0.1, -0.05) is 30.3 Å². The van der Waals surface area contributed by atoms with Crippen LogP contribution in [0.15, 0.2) is 30.3 Å². The van der Waals surface area contributed by atoms with Gasteiger partial charge >= 0.3 is 6.30 Å². The lowest BCUT2D eigenvalue weighted by Gasteiger charge is -2.18. The molecule has 21 heavy (non-hydrogen) atoms. The van der Waals surface area contributed by atoms with Crippen molar-refractivity contribution in [1.82, 2.24) is 4.42 Å². The lowest BCUT2D eigenvalue weighted by molar-refractivity contribution is -0.213. The molecule has 1 amide bonds. The second-order valence-electron chi connectivity index (χ2n) is 4.13. The number of halogens is 4. The van der Waals surface area contributed by atoms with Crippen molar-refractivity contribution in [1.29, 1.82) is 0 Å². The van der Waals surface area contributed by atoms with Crippen LogP contribution in [0, 0.1) is 0 Å². The molecule has 0 aromatic heterocycles. The molecule has 0 bridgehead atoms. The molecular formula is C13H15ClF3NO3. The molecule has 0 aliphatic carbocycles. The van der Waals surface area contributed by atoms with Gasteiger partial charge in [-0.25, -0.2) is 0 Å². The maximum Gasteiger partial charge on any atom is 0.501 e. The minimum Gasteiger partial charge on any atom is -0.352 e. The zero-order valence-corrected chi connectivity index (χ0v) is 12.0. The van der Waals surface area contributed by atoms with Crippen LogP contribution in [0.2, 0.25) is 0 Å². The van der Waals surface area contributed by atoms with E-state index < -0.39 is 29.3 Å². The van der Waals surface area contributed by atoms with E-state index in [1.54, 1.807) is 6.92 Å². The van der Waals surface area contributed by atoms with Crippen LogP contribution in [0.5, 0.6) is 0 Å². The fourth-order valence-corrected chi connectivity index (χ4v) is 1.47. The molecule has 118 valence electrons. The average Bonchev–Trinajstić information content (AvgIpc) is 2.44. The smallest absolute Gasteiger partial charge is 0.352 e. The number of benzene rings is 1. The van der Waals surface area contributed by atoms with Crippen molar-refractivity contribution < 1.29 is 27.4 Å². The van der Waals surface area contributed by atoms with Crippen LogP contribution < -0.4 is 0 Å². The molecule has 0 aliphatic heterocycles. The van der Waals surface area contributed by atoms with Gasteiger partial charge in [0.2, 0.25) is 5.91 Å². The molecule has 0 fully saturated rings. The Morgan fingerprint density at radius 1 is 1.29 bits per heavy atom. The number of amides is 1. The third-order valence-electron chi connectivity index (χ3n) is 2.44. The van der Waals surface area contributed by atoms with Gasteiger partial charge in [-0.2, -0.15) is 4.42 Å². The van der Waals surface area contributed by atoms with E-state index in [0.29, 0.717) is 6.61 Å². The summed E-state index contributed by atoms with van der Waals surface area (Å²) in [5.41, 5.74) is 0.938. The highest BCUT2D eigenvalue weighted by Gasteiger charge is 2.40. The van der Waals surface area contributed by atoms with Crippen LogP contribution in [0.3, 0.4) is 0 Å². The van der Waals surface area contributed by atoms with Crippen LogP contribution in [0.4, 0.5) is 13.2 Å². The Bertz CT molecular complexity index is 442. The maximum atomic E-state index is 12.1. The monoisotopic (exact) mass is 325 g/mol. The van der Waals surface area contributed by atoms with Gasteiger partial charge in [-0.05, 0) is 12.5 Å². The Hall–Kier alpha value is -1.31. The Labute approximate surface area is 125 Å². The van der Waals surface area contributed by atoms with Crippen molar-refractivity contribution in [3.63, 3.8) is 0 Å². The van der Waals surface area contributed by atoms with E-state index in [4.69, 9.17) is 21.3 Å². The molecule has 1 rings (SSSR count). The summed E-state index contributed by atoms with van der Waals surface area (Å²) in [4.78, 5) is 11.1. The maximum absolute atomic E-state index is 12.1.